The molecule has 0 radical (unpaired) electrons. The second-order valence-electron chi connectivity index (χ2n) is 3.75. The first-order valence-corrected chi connectivity index (χ1v) is 5.18. The molecular weight excluding hydrogens is 176 g/mol. The molecular formula is C11H18N2O. The third-order valence-corrected chi connectivity index (χ3v) is 2.81. The van der Waals surface area contributed by atoms with Crippen molar-refractivity contribution in [1.29, 1.82) is 0 Å². The van der Waals surface area contributed by atoms with Crippen LogP contribution >= 0.6 is 0 Å². The lowest BCUT2D eigenvalue weighted by molar-refractivity contribution is -0.129. The fourth-order valence-corrected chi connectivity index (χ4v) is 1.97. The molecule has 1 amide bonds. The molecule has 0 spiro atoms. The van der Waals surface area contributed by atoms with Crippen molar-refractivity contribution in [3.8, 4) is 12.3 Å². The third-order valence-electron chi connectivity index (χ3n) is 2.81. The van der Waals surface area contributed by atoms with Crippen LogP contribution in [0, 0.1) is 18.3 Å². The van der Waals surface area contributed by atoms with Crippen molar-refractivity contribution in [2.75, 3.05) is 13.1 Å². The number of terminal acetylenes is 1. The lowest BCUT2D eigenvalue weighted by atomic mass is 10.1. The first kappa shape index (κ1) is 11.1. The van der Waals surface area contributed by atoms with Gasteiger partial charge >= 0.3 is 0 Å². The minimum atomic E-state index is 0.106. The van der Waals surface area contributed by atoms with Gasteiger partial charge in [0.2, 0.25) is 5.91 Å². The average Bonchev–Trinajstić information content (AvgIpc) is 2.56. The molecule has 14 heavy (non-hydrogen) atoms. The fraction of sp³-hybridized carbons (Fsp3) is 0.727. The van der Waals surface area contributed by atoms with E-state index in [0.717, 1.165) is 12.8 Å². The van der Waals surface area contributed by atoms with Crippen LogP contribution in [-0.2, 0) is 4.79 Å². The van der Waals surface area contributed by atoms with Gasteiger partial charge in [0, 0.05) is 24.9 Å². The summed E-state index contributed by atoms with van der Waals surface area (Å²) >= 11 is 0. The van der Waals surface area contributed by atoms with E-state index < -0.39 is 0 Å². The molecule has 1 aliphatic heterocycles. The lowest BCUT2D eigenvalue weighted by Crippen LogP contribution is -2.37. The molecule has 1 fully saturated rings. The van der Waals surface area contributed by atoms with Crippen LogP contribution in [0.4, 0.5) is 0 Å². The van der Waals surface area contributed by atoms with Gasteiger partial charge in [-0.2, -0.15) is 0 Å². The van der Waals surface area contributed by atoms with E-state index in [2.05, 4.69) is 12.8 Å². The molecule has 2 atom stereocenters. The van der Waals surface area contributed by atoms with Crippen molar-refractivity contribution in [3.63, 3.8) is 0 Å². The predicted molar refractivity (Wildman–Crippen MR) is 56.4 cm³/mol. The Kier molecular flexibility index (Phi) is 3.97. The number of rotatable bonds is 4. The number of likely N-dealkylation sites (tertiary alicyclic amines) is 1. The van der Waals surface area contributed by atoms with E-state index in [9.17, 15) is 4.79 Å². The summed E-state index contributed by atoms with van der Waals surface area (Å²) in [7, 11) is 0. The molecule has 1 saturated heterocycles. The van der Waals surface area contributed by atoms with Gasteiger partial charge in [0.25, 0.3) is 0 Å². The number of nitrogens with two attached hydrogens (primary N) is 1. The summed E-state index contributed by atoms with van der Waals surface area (Å²) in [6, 6.07) is 0.283. The Morgan fingerprint density at radius 2 is 2.50 bits per heavy atom. The topological polar surface area (TPSA) is 46.3 Å². The zero-order valence-electron chi connectivity index (χ0n) is 8.70. The molecule has 0 bridgehead atoms. The van der Waals surface area contributed by atoms with Crippen molar-refractivity contribution in [2.24, 2.45) is 11.7 Å². The van der Waals surface area contributed by atoms with Gasteiger partial charge in [-0.25, -0.2) is 0 Å². The van der Waals surface area contributed by atoms with Gasteiger partial charge in [0.05, 0.1) is 0 Å². The molecule has 3 heteroatoms. The second-order valence-corrected chi connectivity index (χ2v) is 3.75. The first-order chi connectivity index (χ1) is 6.72. The van der Waals surface area contributed by atoms with Gasteiger partial charge in [0.1, 0.15) is 0 Å². The van der Waals surface area contributed by atoms with Crippen LogP contribution in [0.15, 0.2) is 0 Å². The summed E-state index contributed by atoms with van der Waals surface area (Å²) in [6.07, 6.45) is 7.66. The van der Waals surface area contributed by atoms with Crippen LogP contribution < -0.4 is 5.73 Å². The Morgan fingerprint density at radius 1 is 1.79 bits per heavy atom. The van der Waals surface area contributed by atoms with E-state index in [1.807, 2.05) is 4.90 Å². The summed E-state index contributed by atoms with van der Waals surface area (Å²) in [5.41, 5.74) is 5.51. The number of carbonyl (C=O) groups excluding carboxylic acids is 1. The van der Waals surface area contributed by atoms with Gasteiger partial charge < -0.3 is 10.6 Å². The SMILES string of the molecule is C#CC1CC(=O)N(C(CC)CCN)C1. The summed E-state index contributed by atoms with van der Waals surface area (Å²) in [6.45, 7) is 3.42. The Labute approximate surface area is 85.6 Å². The Bertz CT molecular complexity index is 244. The van der Waals surface area contributed by atoms with E-state index >= 15 is 0 Å². The van der Waals surface area contributed by atoms with Gasteiger partial charge in [-0.1, -0.05) is 6.92 Å². The molecule has 2 unspecified atom stereocenters. The Morgan fingerprint density at radius 3 is 2.93 bits per heavy atom. The number of hydrogen-bond donors (Lipinski definition) is 1. The predicted octanol–water partition coefficient (Wildman–Crippen LogP) is 0.596. The molecule has 2 N–H and O–H groups in total. The molecule has 0 aromatic rings. The fourth-order valence-electron chi connectivity index (χ4n) is 1.97. The molecule has 0 aromatic carbocycles. The quantitative estimate of drug-likeness (QED) is 0.666. The summed E-state index contributed by atoms with van der Waals surface area (Å²) < 4.78 is 0. The molecule has 0 aliphatic carbocycles. The van der Waals surface area contributed by atoms with E-state index in [4.69, 9.17) is 12.2 Å². The highest BCUT2D eigenvalue weighted by atomic mass is 16.2. The Balaban J connectivity index is 2.59. The summed E-state index contributed by atoms with van der Waals surface area (Å²) in [4.78, 5) is 13.5. The smallest absolute Gasteiger partial charge is 0.224 e. The van der Waals surface area contributed by atoms with Gasteiger partial charge in [-0.3, -0.25) is 4.79 Å². The van der Waals surface area contributed by atoms with Crippen LogP contribution in [0.1, 0.15) is 26.2 Å². The van der Waals surface area contributed by atoms with Crippen LogP contribution in [0.2, 0.25) is 0 Å². The first-order valence-electron chi connectivity index (χ1n) is 5.18. The van der Waals surface area contributed by atoms with E-state index in [0.29, 0.717) is 19.5 Å². The molecule has 1 aliphatic rings. The summed E-state index contributed by atoms with van der Waals surface area (Å²) in [5.74, 6) is 2.95. The molecule has 78 valence electrons. The third kappa shape index (κ3) is 2.27. The van der Waals surface area contributed by atoms with Crippen LogP contribution in [0.3, 0.4) is 0 Å². The maximum Gasteiger partial charge on any atom is 0.224 e. The molecule has 0 aromatic heterocycles. The number of hydrogen-bond acceptors (Lipinski definition) is 2. The van der Waals surface area contributed by atoms with Crippen molar-refractivity contribution in [3.05, 3.63) is 0 Å². The zero-order valence-corrected chi connectivity index (χ0v) is 8.70. The van der Waals surface area contributed by atoms with Crippen molar-refractivity contribution in [2.45, 2.75) is 32.2 Å². The van der Waals surface area contributed by atoms with Crippen LogP contribution in [0.5, 0.6) is 0 Å². The largest absolute Gasteiger partial charge is 0.338 e. The highest BCUT2D eigenvalue weighted by molar-refractivity contribution is 5.79. The molecule has 1 rings (SSSR count). The van der Waals surface area contributed by atoms with Crippen LogP contribution in [-0.4, -0.2) is 29.9 Å². The highest BCUT2D eigenvalue weighted by Crippen LogP contribution is 2.21. The minimum Gasteiger partial charge on any atom is -0.338 e. The molecule has 3 nitrogen and oxygen atoms in total. The monoisotopic (exact) mass is 194 g/mol. The van der Waals surface area contributed by atoms with Crippen LogP contribution in [0.25, 0.3) is 0 Å². The molecule has 0 saturated carbocycles. The second kappa shape index (κ2) is 5.02. The van der Waals surface area contributed by atoms with Gasteiger partial charge in [-0.05, 0) is 19.4 Å². The standard InChI is InChI=1S/C11H18N2O/c1-3-9-7-11(14)13(8-9)10(4-2)5-6-12/h1,9-10H,4-8,12H2,2H3. The number of amides is 1. The lowest BCUT2D eigenvalue weighted by Gasteiger charge is -2.26. The van der Waals surface area contributed by atoms with E-state index in [-0.39, 0.29) is 17.9 Å². The van der Waals surface area contributed by atoms with Crippen molar-refractivity contribution < 1.29 is 4.79 Å². The summed E-state index contributed by atoms with van der Waals surface area (Å²) in [5, 5.41) is 0. The van der Waals surface area contributed by atoms with E-state index in [1.54, 1.807) is 0 Å². The zero-order chi connectivity index (χ0) is 10.6. The van der Waals surface area contributed by atoms with Crippen molar-refractivity contribution >= 4 is 5.91 Å². The van der Waals surface area contributed by atoms with Crippen molar-refractivity contribution in [1.82, 2.24) is 4.90 Å². The van der Waals surface area contributed by atoms with Gasteiger partial charge in [-0.15, -0.1) is 12.3 Å². The maximum atomic E-state index is 11.6. The highest BCUT2D eigenvalue weighted by Gasteiger charge is 2.32. The number of nitrogens with zero attached hydrogens (tertiary/aromatic N) is 1. The normalized spacial score (nSPS) is 23.6. The maximum absolute atomic E-state index is 11.6. The molecule has 1 heterocycles. The minimum absolute atomic E-state index is 0.106. The Hall–Kier alpha value is -1.01. The average molecular weight is 194 g/mol. The van der Waals surface area contributed by atoms with Gasteiger partial charge in [0.15, 0.2) is 0 Å². The number of carbonyl (C=O) groups is 1. The van der Waals surface area contributed by atoms with E-state index in [1.165, 1.54) is 0 Å².